The Balaban J connectivity index is 1.87. The van der Waals surface area contributed by atoms with Gasteiger partial charge in [-0.15, -0.1) is 0 Å². The SMILES string of the molecule is CCCCC(CO)NCCCCCCCCc1ccccc1. The number of benzene rings is 1. The topological polar surface area (TPSA) is 32.3 Å². The van der Waals surface area contributed by atoms with E-state index in [9.17, 15) is 5.11 Å². The van der Waals surface area contributed by atoms with E-state index in [-0.39, 0.29) is 6.61 Å². The third kappa shape index (κ3) is 9.97. The zero-order valence-corrected chi connectivity index (χ0v) is 14.4. The quantitative estimate of drug-likeness (QED) is 0.488. The van der Waals surface area contributed by atoms with E-state index >= 15 is 0 Å². The molecule has 1 aromatic rings. The van der Waals surface area contributed by atoms with Crippen molar-refractivity contribution in [2.45, 2.75) is 77.2 Å². The number of rotatable bonds is 14. The van der Waals surface area contributed by atoms with Gasteiger partial charge in [0.1, 0.15) is 0 Å². The van der Waals surface area contributed by atoms with Crippen LogP contribution in [-0.2, 0) is 6.42 Å². The normalized spacial score (nSPS) is 12.5. The Morgan fingerprint density at radius 1 is 0.909 bits per heavy atom. The van der Waals surface area contributed by atoms with E-state index in [0.29, 0.717) is 6.04 Å². The molecule has 0 aliphatic rings. The number of aliphatic hydroxyl groups is 1. The number of hydrogen-bond acceptors (Lipinski definition) is 2. The fourth-order valence-electron chi connectivity index (χ4n) is 2.82. The maximum atomic E-state index is 9.28. The molecule has 0 heterocycles. The zero-order valence-electron chi connectivity index (χ0n) is 14.4. The van der Waals surface area contributed by atoms with E-state index in [0.717, 1.165) is 13.0 Å². The second-order valence-corrected chi connectivity index (χ2v) is 6.33. The molecule has 0 bridgehead atoms. The van der Waals surface area contributed by atoms with Crippen molar-refractivity contribution >= 4 is 0 Å². The van der Waals surface area contributed by atoms with Crippen molar-refractivity contribution in [2.24, 2.45) is 0 Å². The van der Waals surface area contributed by atoms with Crippen LogP contribution in [0.25, 0.3) is 0 Å². The van der Waals surface area contributed by atoms with Crippen molar-refractivity contribution in [1.82, 2.24) is 5.32 Å². The molecule has 0 radical (unpaired) electrons. The summed E-state index contributed by atoms with van der Waals surface area (Å²) in [4.78, 5) is 0. The molecule has 1 aromatic carbocycles. The molecular weight excluding hydrogens is 270 g/mol. The molecule has 0 saturated carbocycles. The van der Waals surface area contributed by atoms with Crippen molar-refractivity contribution in [3.05, 3.63) is 35.9 Å². The van der Waals surface area contributed by atoms with Crippen molar-refractivity contribution in [3.63, 3.8) is 0 Å². The second-order valence-electron chi connectivity index (χ2n) is 6.33. The summed E-state index contributed by atoms with van der Waals surface area (Å²) in [7, 11) is 0. The molecule has 0 aromatic heterocycles. The van der Waals surface area contributed by atoms with Gasteiger partial charge in [0.15, 0.2) is 0 Å². The van der Waals surface area contributed by atoms with Gasteiger partial charge in [-0.2, -0.15) is 0 Å². The first-order valence-corrected chi connectivity index (χ1v) is 9.25. The molecule has 1 atom stereocenters. The van der Waals surface area contributed by atoms with E-state index in [1.54, 1.807) is 0 Å². The molecule has 0 spiro atoms. The summed E-state index contributed by atoms with van der Waals surface area (Å²) in [6.45, 7) is 3.53. The van der Waals surface area contributed by atoms with Crippen molar-refractivity contribution in [2.75, 3.05) is 13.2 Å². The van der Waals surface area contributed by atoms with Crippen molar-refractivity contribution in [1.29, 1.82) is 0 Å². The largest absolute Gasteiger partial charge is 0.395 e. The number of nitrogens with one attached hydrogen (secondary N) is 1. The molecule has 126 valence electrons. The van der Waals surface area contributed by atoms with Crippen LogP contribution in [0.3, 0.4) is 0 Å². The molecule has 2 heteroatoms. The molecule has 1 unspecified atom stereocenters. The predicted molar refractivity (Wildman–Crippen MR) is 96.2 cm³/mol. The summed E-state index contributed by atoms with van der Waals surface area (Å²) in [5.41, 5.74) is 1.47. The highest BCUT2D eigenvalue weighted by Gasteiger charge is 2.04. The molecule has 0 saturated heterocycles. The number of unbranched alkanes of at least 4 members (excludes halogenated alkanes) is 6. The van der Waals surface area contributed by atoms with Gasteiger partial charge in [-0.05, 0) is 37.8 Å². The Labute approximate surface area is 137 Å². The number of aryl methyl sites for hydroxylation is 1. The van der Waals surface area contributed by atoms with Crippen LogP contribution in [0.5, 0.6) is 0 Å². The van der Waals surface area contributed by atoms with E-state index in [2.05, 4.69) is 42.6 Å². The lowest BCUT2D eigenvalue weighted by Crippen LogP contribution is -2.33. The van der Waals surface area contributed by atoms with Gasteiger partial charge in [-0.1, -0.05) is 75.8 Å². The van der Waals surface area contributed by atoms with Crippen LogP contribution in [0.1, 0.15) is 70.3 Å². The second kappa shape index (κ2) is 13.8. The number of aliphatic hydroxyl groups excluding tert-OH is 1. The average Bonchev–Trinajstić information content (AvgIpc) is 2.57. The van der Waals surface area contributed by atoms with Crippen LogP contribution in [0.2, 0.25) is 0 Å². The Morgan fingerprint density at radius 2 is 1.59 bits per heavy atom. The fourth-order valence-corrected chi connectivity index (χ4v) is 2.82. The van der Waals surface area contributed by atoms with Crippen LogP contribution in [-0.4, -0.2) is 24.3 Å². The van der Waals surface area contributed by atoms with Crippen molar-refractivity contribution in [3.8, 4) is 0 Å². The van der Waals surface area contributed by atoms with Gasteiger partial charge in [-0.3, -0.25) is 0 Å². The first-order valence-electron chi connectivity index (χ1n) is 9.25. The Kier molecular flexibility index (Phi) is 12.0. The highest BCUT2D eigenvalue weighted by Crippen LogP contribution is 2.09. The third-order valence-electron chi connectivity index (χ3n) is 4.29. The third-order valence-corrected chi connectivity index (χ3v) is 4.29. The highest BCUT2D eigenvalue weighted by atomic mass is 16.3. The van der Waals surface area contributed by atoms with Gasteiger partial charge in [0.05, 0.1) is 6.61 Å². The highest BCUT2D eigenvalue weighted by molar-refractivity contribution is 5.14. The van der Waals surface area contributed by atoms with E-state index < -0.39 is 0 Å². The lowest BCUT2D eigenvalue weighted by atomic mass is 10.0. The van der Waals surface area contributed by atoms with E-state index in [4.69, 9.17) is 0 Å². The van der Waals surface area contributed by atoms with Crippen LogP contribution in [0.15, 0.2) is 30.3 Å². The molecule has 0 aliphatic carbocycles. The van der Waals surface area contributed by atoms with Gasteiger partial charge < -0.3 is 10.4 Å². The zero-order chi connectivity index (χ0) is 15.9. The van der Waals surface area contributed by atoms with Crippen LogP contribution < -0.4 is 5.32 Å². The van der Waals surface area contributed by atoms with E-state index in [1.165, 1.54) is 63.4 Å². The maximum Gasteiger partial charge on any atom is 0.0584 e. The number of hydrogen-bond donors (Lipinski definition) is 2. The summed E-state index contributed by atoms with van der Waals surface area (Å²) >= 11 is 0. The first-order chi connectivity index (χ1) is 10.9. The van der Waals surface area contributed by atoms with Gasteiger partial charge in [0.25, 0.3) is 0 Å². The van der Waals surface area contributed by atoms with Crippen molar-refractivity contribution < 1.29 is 5.11 Å². The van der Waals surface area contributed by atoms with Gasteiger partial charge in [0.2, 0.25) is 0 Å². The smallest absolute Gasteiger partial charge is 0.0584 e. The summed E-state index contributed by atoms with van der Waals surface area (Å²) in [6.07, 6.45) is 12.6. The minimum absolute atomic E-state index is 0.277. The molecule has 22 heavy (non-hydrogen) atoms. The predicted octanol–water partition coefficient (Wildman–Crippen LogP) is 4.71. The van der Waals surface area contributed by atoms with Crippen LogP contribution >= 0.6 is 0 Å². The summed E-state index contributed by atoms with van der Waals surface area (Å²) in [5.74, 6) is 0. The summed E-state index contributed by atoms with van der Waals surface area (Å²) in [6, 6.07) is 11.1. The summed E-state index contributed by atoms with van der Waals surface area (Å²) < 4.78 is 0. The lowest BCUT2D eigenvalue weighted by Gasteiger charge is -2.15. The van der Waals surface area contributed by atoms with E-state index in [1.807, 2.05) is 0 Å². The molecule has 0 amide bonds. The van der Waals surface area contributed by atoms with Crippen LogP contribution in [0, 0.1) is 0 Å². The molecular formula is C20H35NO. The average molecular weight is 306 g/mol. The Hall–Kier alpha value is -0.860. The molecule has 2 N–H and O–H groups in total. The monoisotopic (exact) mass is 305 g/mol. The summed E-state index contributed by atoms with van der Waals surface area (Å²) in [5, 5.41) is 12.8. The first kappa shape index (κ1) is 19.2. The van der Waals surface area contributed by atoms with Gasteiger partial charge >= 0.3 is 0 Å². The molecule has 1 rings (SSSR count). The Morgan fingerprint density at radius 3 is 2.27 bits per heavy atom. The fraction of sp³-hybridized carbons (Fsp3) is 0.700. The lowest BCUT2D eigenvalue weighted by molar-refractivity contribution is 0.233. The molecule has 2 nitrogen and oxygen atoms in total. The van der Waals surface area contributed by atoms with Gasteiger partial charge in [-0.25, -0.2) is 0 Å². The minimum atomic E-state index is 0.277. The maximum absolute atomic E-state index is 9.28. The Bertz CT molecular complexity index is 339. The molecule has 0 fully saturated rings. The molecule has 0 aliphatic heterocycles. The van der Waals surface area contributed by atoms with Crippen LogP contribution in [0.4, 0.5) is 0 Å². The standard InChI is InChI=1S/C20H35NO/c1-2-3-16-20(18-22)21-17-12-7-5-4-6-9-13-19-14-10-8-11-15-19/h8,10-11,14-15,20-22H,2-7,9,12-13,16-18H2,1H3. The minimum Gasteiger partial charge on any atom is -0.395 e. The van der Waals surface area contributed by atoms with Gasteiger partial charge in [0, 0.05) is 6.04 Å².